The van der Waals surface area contributed by atoms with Crippen LogP contribution in [0.5, 0.6) is 0 Å². The molecule has 0 saturated carbocycles. The lowest BCUT2D eigenvalue weighted by atomic mass is 10.0. The maximum absolute atomic E-state index is 12.2. The average Bonchev–Trinajstić information content (AvgIpc) is 3.19. The summed E-state index contributed by atoms with van der Waals surface area (Å²) in [6.45, 7) is 0. The summed E-state index contributed by atoms with van der Waals surface area (Å²) in [6.07, 6.45) is -0.710. The number of hydrogen-bond donors (Lipinski definition) is 0. The van der Waals surface area contributed by atoms with Gasteiger partial charge in [-0.05, 0) is 12.1 Å². The van der Waals surface area contributed by atoms with Gasteiger partial charge in [-0.25, -0.2) is 0 Å². The third-order valence-corrected chi connectivity index (χ3v) is 3.64. The molecule has 19 heavy (non-hydrogen) atoms. The molecule has 2 atom stereocenters. The summed E-state index contributed by atoms with van der Waals surface area (Å²) in [7, 11) is 0. The van der Waals surface area contributed by atoms with E-state index in [0.29, 0.717) is 15.6 Å². The molecule has 0 aromatic heterocycles. The molecule has 0 N–H and O–H groups in total. The lowest BCUT2D eigenvalue weighted by molar-refractivity contribution is 0.0953. The molecule has 0 bridgehead atoms. The molecule has 96 valence electrons. The van der Waals surface area contributed by atoms with E-state index in [1.165, 1.54) is 0 Å². The van der Waals surface area contributed by atoms with Gasteiger partial charge in [-0.15, -0.1) is 0 Å². The second-order valence-electron chi connectivity index (χ2n) is 4.37. The number of hydrogen-bond acceptors (Lipinski definition) is 2. The van der Waals surface area contributed by atoms with E-state index in [2.05, 4.69) is 0 Å². The van der Waals surface area contributed by atoms with Crippen LogP contribution < -0.4 is 0 Å². The molecule has 1 aliphatic rings. The van der Waals surface area contributed by atoms with E-state index in [-0.39, 0.29) is 11.9 Å². The maximum Gasteiger partial charge on any atom is 0.194 e. The average molecular weight is 293 g/mol. The Labute approximate surface area is 120 Å². The third-order valence-electron chi connectivity index (χ3n) is 3.08. The summed E-state index contributed by atoms with van der Waals surface area (Å²) in [5, 5.41) is 1.10. The molecule has 2 aromatic rings. The highest BCUT2D eigenvalue weighted by molar-refractivity contribution is 6.35. The van der Waals surface area contributed by atoms with Crippen molar-refractivity contribution >= 4 is 29.0 Å². The molecular weight excluding hydrogens is 283 g/mol. The Balaban J connectivity index is 1.79. The Kier molecular flexibility index (Phi) is 3.31. The number of benzene rings is 2. The smallest absolute Gasteiger partial charge is 0.194 e. The fourth-order valence-electron chi connectivity index (χ4n) is 2.05. The first-order valence-corrected chi connectivity index (χ1v) is 6.62. The highest BCUT2D eigenvalue weighted by Gasteiger charge is 2.47. The molecule has 0 aliphatic carbocycles. The van der Waals surface area contributed by atoms with Gasteiger partial charge in [0, 0.05) is 21.2 Å². The van der Waals surface area contributed by atoms with Crippen LogP contribution in [0.1, 0.15) is 22.0 Å². The van der Waals surface area contributed by atoms with Crippen LogP contribution in [0.4, 0.5) is 0 Å². The van der Waals surface area contributed by atoms with Gasteiger partial charge in [0.2, 0.25) is 0 Å². The summed E-state index contributed by atoms with van der Waals surface area (Å²) in [6, 6.07) is 14.3. The van der Waals surface area contributed by atoms with Gasteiger partial charge < -0.3 is 4.74 Å². The first-order valence-electron chi connectivity index (χ1n) is 5.86. The van der Waals surface area contributed by atoms with Gasteiger partial charge in [0.05, 0.1) is 0 Å². The number of halogens is 2. The van der Waals surface area contributed by atoms with Crippen LogP contribution >= 0.6 is 23.2 Å². The standard InChI is InChI=1S/C15H10Cl2O2/c16-10-6-7-11(12(17)8-10)14-15(19-14)13(18)9-4-2-1-3-5-9/h1-8,14-15H/t14-,15-/m0/s1. The van der Waals surface area contributed by atoms with Crippen LogP contribution in [-0.2, 0) is 4.74 Å². The zero-order valence-electron chi connectivity index (χ0n) is 9.85. The Morgan fingerprint density at radius 1 is 1.05 bits per heavy atom. The van der Waals surface area contributed by atoms with E-state index in [4.69, 9.17) is 27.9 Å². The first-order chi connectivity index (χ1) is 9.16. The van der Waals surface area contributed by atoms with Gasteiger partial charge in [0.1, 0.15) is 6.10 Å². The van der Waals surface area contributed by atoms with Gasteiger partial charge in [-0.2, -0.15) is 0 Å². The van der Waals surface area contributed by atoms with E-state index < -0.39 is 6.10 Å². The van der Waals surface area contributed by atoms with Crippen LogP contribution in [0, 0.1) is 0 Å². The largest absolute Gasteiger partial charge is 0.356 e. The van der Waals surface area contributed by atoms with Gasteiger partial charge in [-0.1, -0.05) is 59.6 Å². The van der Waals surface area contributed by atoms with Crippen molar-refractivity contribution in [1.29, 1.82) is 0 Å². The minimum absolute atomic E-state index is 0.0170. The molecule has 0 spiro atoms. The number of ketones is 1. The highest BCUT2D eigenvalue weighted by atomic mass is 35.5. The molecule has 3 rings (SSSR count). The minimum atomic E-state index is -0.443. The SMILES string of the molecule is O=C(c1ccccc1)[C@@H]1O[C@H]1c1ccc(Cl)cc1Cl. The van der Waals surface area contributed by atoms with Crippen molar-refractivity contribution in [2.24, 2.45) is 0 Å². The molecule has 0 radical (unpaired) electrons. The van der Waals surface area contributed by atoms with Crippen molar-refractivity contribution in [3.63, 3.8) is 0 Å². The summed E-state index contributed by atoms with van der Waals surface area (Å²) < 4.78 is 5.46. The molecule has 2 nitrogen and oxygen atoms in total. The summed E-state index contributed by atoms with van der Waals surface area (Å²) in [5.74, 6) is -0.0170. The fraction of sp³-hybridized carbons (Fsp3) is 0.133. The van der Waals surface area contributed by atoms with Crippen LogP contribution in [0.15, 0.2) is 48.5 Å². The van der Waals surface area contributed by atoms with Crippen molar-refractivity contribution in [3.8, 4) is 0 Å². The molecule has 1 aliphatic heterocycles. The molecular formula is C15H10Cl2O2. The van der Waals surface area contributed by atoms with Gasteiger partial charge in [0.15, 0.2) is 11.9 Å². The van der Waals surface area contributed by atoms with Gasteiger partial charge in [-0.3, -0.25) is 4.79 Å². The number of Topliss-reactive ketones (excluding diaryl/α,β-unsaturated/α-hetero) is 1. The zero-order chi connectivity index (χ0) is 13.4. The number of carbonyl (C=O) groups is 1. The highest BCUT2D eigenvalue weighted by Crippen LogP contribution is 2.43. The van der Waals surface area contributed by atoms with E-state index >= 15 is 0 Å². The van der Waals surface area contributed by atoms with E-state index in [1.54, 1.807) is 30.3 Å². The van der Waals surface area contributed by atoms with Crippen LogP contribution in [-0.4, -0.2) is 11.9 Å². The van der Waals surface area contributed by atoms with Gasteiger partial charge in [0.25, 0.3) is 0 Å². The van der Waals surface area contributed by atoms with E-state index in [9.17, 15) is 4.79 Å². The maximum atomic E-state index is 12.2. The zero-order valence-corrected chi connectivity index (χ0v) is 11.4. The molecule has 4 heteroatoms. The summed E-state index contributed by atoms with van der Waals surface area (Å²) >= 11 is 11.9. The quantitative estimate of drug-likeness (QED) is 0.623. The van der Waals surface area contributed by atoms with Crippen molar-refractivity contribution < 1.29 is 9.53 Å². The van der Waals surface area contributed by atoms with Crippen LogP contribution in [0.25, 0.3) is 0 Å². The molecule has 2 aromatic carbocycles. The normalized spacial score (nSPS) is 21.2. The second-order valence-corrected chi connectivity index (χ2v) is 5.22. The van der Waals surface area contributed by atoms with Crippen LogP contribution in [0.3, 0.4) is 0 Å². The number of carbonyl (C=O) groups excluding carboxylic acids is 1. The predicted molar refractivity (Wildman–Crippen MR) is 74.8 cm³/mol. The lowest BCUT2D eigenvalue weighted by Crippen LogP contribution is -2.07. The number of epoxide rings is 1. The Morgan fingerprint density at radius 2 is 1.79 bits per heavy atom. The van der Waals surface area contributed by atoms with Crippen molar-refractivity contribution in [1.82, 2.24) is 0 Å². The summed E-state index contributed by atoms with van der Waals surface area (Å²) in [5.41, 5.74) is 1.46. The Morgan fingerprint density at radius 3 is 2.47 bits per heavy atom. The van der Waals surface area contributed by atoms with Gasteiger partial charge >= 0.3 is 0 Å². The van der Waals surface area contributed by atoms with Crippen molar-refractivity contribution in [2.45, 2.75) is 12.2 Å². The van der Waals surface area contributed by atoms with E-state index in [1.807, 2.05) is 18.2 Å². The summed E-state index contributed by atoms with van der Waals surface area (Å²) in [4.78, 5) is 12.2. The Bertz CT molecular complexity index is 625. The van der Waals surface area contributed by atoms with E-state index in [0.717, 1.165) is 5.56 Å². The van der Waals surface area contributed by atoms with Crippen molar-refractivity contribution in [3.05, 3.63) is 69.7 Å². The minimum Gasteiger partial charge on any atom is -0.356 e. The number of rotatable bonds is 3. The first kappa shape index (κ1) is 12.7. The van der Waals surface area contributed by atoms with Crippen LogP contribution in [0.2, 0.25) is 10.0 Å². The topological polar surface area (TPSA) is 29.6 Å². The second kappa shape index (κ2) is 4.97. The lowest BCUT2D eigenvalue weighted by Gasteiger charge is -2.01. The molecule has 1 saturated heterocycles. The number of ether oxygens (including phenoxy) is 1. The molecule has 1 fully saturated rings. The molecule has 0 unspecified atom stereocenters. The third kappa shape index (κ3) is 2.52. The predicted octanol–water partition coefficient (Wildman–Crippen LogP) is 4.32. The monoisotopic (exact) mass is 292 g/mol. The van der Waals surface area contributed by atoms with Crippen molar-refractivity contribution in [2.75, 3.05) is 0 Å². The molecule has 1 heterocycles. The Hall–Kier alpha value is -1.35. The fourth-order valence-corrected chi connectivity index (χ4v) is 2.56. The molecule has 0 amide bonds.